The molecule has 0 bridgehead atoms. The van der Waals surface area contributed by atoms with Crippen LogP contribution in [0.2, 0.25) is 0 Å². The zero-order valence-electron chi connectivity index (χ0n) is 9.24. The maximum Gasteiger partial charge on any atom is 0.198 e. The molecule has 1 aliphatic carbocycles. The number of ether oxygens (including phenoxy) is 1. The second-order valence-corrected chi connectivity index (χ2v) is 4.52. The smallest absolute Gasteiger partial charge is 0.198 e. The molecule has 3 nitrogen and oxygen atoms in total. The first-order valence-corrected chi connectivity index (χ1v) is 5.45. The van der Waals surface area contributed by atoms with E-state index >= 15 is 0 Å². The molecule has 1 aliphatic heterocycles. The van der Waals surface area contributed by atoms with Crippen LogP contribution in [0.3, 0.4) is 0 Å². The summed E-state index contributed by atoms with van der Waals surface area (Å²) in [5.74, 6) is -0.114. The average molecular weight is 216 g/mol. The molecule has 0 N–H and O–H groups in total. The molecule has 82 valence electrons. The number of Topliss-reactive ketones (excluding diaryl/α,β-unsaturated/α-hetero) is 2. The van der Waals surface area contributed by atoms with Gasteiger partial charge >= 0.3 is 0 Å². The molecule has 2 atom stereocenters. The number of hydrogen-bond acceptors (Lipinski definition) is 3. The fourth-order valence-corrected chi connectivity index (χ4v) is 2.74. The third-order valence-electron chi connectivity index (χ3n) is 3.82. The molecular weight excluding hydrogens is 204 g/mol. The van der Waals surface area contributed by atoms with Crippen molar-refractivity contribution in [1.29, 1.82) is 0 Å². The van der Waals surface area contributed by atoms with Gasteiger partial charge in [0.25, 0.3) is 0 Å². The van der Waals surface area contributed by atoms with Crippen molar-refractivity contribution in [1.82, 2.24) is 0 Å². The number of ketones is 2. The lowest BCUT2D eigenvalue weighted by molar-refractivity contribution is 0.0843. The van der Waals surface area contributed by atoms with Crippen molar-refractivity contribution in [2.75, 3.05) is 0 Å². The van der Waals surface area contributed by atoms with Crippen LogP contribution in [0.15, 0.2) is 24.3 Å². The molecule has 0 aromatic heterocycles. The van der Waals surface area contributed by atoms with E-state index in [2.05, 4.69) is 0 Å². The summed E-state index contributed by atoms with van der Waals surface area (Å²) in [5, 5.41) is 0. The van der Waals surface area contributed by atoms with Crippen molar-refractivity contribution in [2.24, 2.45) is 0 Å². The lowest BCUT2D eigenvalue weighted by atomic mass is 9.74. The minimum atomic E-state index is -0.923. The maximum atomic E-state index is 12.3. The van der Waals surface area contributed by atoms with Gasteiger partial charge in [-0.15, -0.1) is 0 Å². The summed E-state index contributed by atoms with van der Waals surface area (Å²) in [7, 11) is 0. The number of carbonyl (C=O) groups excluding carboxylic acids is 2. The molecule has 1 heterocycles. The van der Waals surface area contributed by atoms with Crippen LogP contribution in [0.5, 0.6) is 0 Å². The fourth-order valence-electron chi connectivity index (χ4n) is 2.74. The quantitative estimate of drug-likeness (QED) is 0.674. The number of epoxide rings is 1. The van der Waals surface area contributed by atoms with Crippen molar-refractivity contribution < 1.29 is 14.3 Å². The van der Waals surface area contributed by atoms with Gasteiger partial charge in [0.1, 0.15) is 0 Å². The Morgan fingerprint density at radius 1 is 1.12 bits per heavy atom. The molecule has 0 saturated carbocycles. The Morgan fingerprint density at radius 3 is 2.25 bits per heavy atom. The highest BCUT2D eigenvalue weighted by atomic mass is 16.6. The third-order valence-corrected chi connectivity index (χ3v) is 3.82. The highest BCUT2D eigenvalue weighted by Gasteiger charge is 2.76. The van der Waals surface area contributed by atoms with Crippen LogP contribution >= 0.6 is 0 Å². The van der Waals surface area contributed by atoms with Gasteiger partial charge < -0.3 is 4.74 Å². The molecule has 2 unspecified atom stereocenters. The topological polar surface area (TPSA) is 46.7 Å². The average Bonchev–Trinajstić information content (AvgIpc) is 2.96. The van der Waals surface area contributed by atoms with Crippen molar-refractivity contribution in [3.63, 3.8) is 0 Å². The minimum Gasteiger partial charge on any atom is -0.345 e. The molecule has 1 aromatic rings. The van der Waals surface area contributed by atoms with Crippen molar-refractivity contribution in [3.05, 3.63) is 35.4 Å². The van der Waals surface area contributed by atoms with Crippen LogP contribution in [0.1, 0.15) is 41.0 Å². The molecule has 1 saturated heterocycles. The zero-order chi connectivity index (χ0) is 11.6. The lowest BCUT2D eigenvalue weighted by Gasteiger charge is -2.21. The van der Waals surface area contributed by atoms with Gasteiger partial charge in [0, 0.05) is 11.1 Å². The van der Waals surface area contributed by atoms with Crippen molar-refractivity contribution >= 4 is 11.6 Å². The van der Waals surface area contributed by atoms with E-state index in [0.29, 0.717) is 17.5 Å². The SMILES string of the molecule is CCC12OC1(C)C(=O)c1ccccc1C2=O. The van der Waals surface area contributed by atoms with Crippen LogP contribution in [0, 0.1) is 0 Å². The van der Waals surface area contributed by atoms with Gasteiger partial charge in [0.05, 0.1) is 0 Å². The van der Waals surface area contributed by atoms with Gasteiger partial charge in [-0.2, -0.15) is 0 Å². The van der Waals surface area contributed by atoms with E-state index in [4.69, 9.17) is 4.74 Å². The highest BCUT2D eigenvalue weighted by molar-refractivity contribution is 6.24. The molecule has 3 rings (SSSR count). The number of benzene rings is 1. The summed E-state index contributed by atoms with van der Waals surface area (Å²) >= 11 is 0. The van der Waals surface area contributed by atoms with Crippen LogP contribution in [0.4, 0.5) is 0 Å². The number of carbonyl (C=O) groups is 2. The monoisotopic (exact) mass is 216 g/mol. The summed E-state index contributed by atoms with van der Waals surface area (Å²) in [6, 6.07) is 6.95. The van der Waals surface area contributed by atoms with Gasteiger partial charge in [-0.3, -0.25) is 9.59 Å². The van der Waals surface area contributed by atoms with E-state index < -0.39 is 11.2 Å². The van der Waals surface area contributed by atoms with E-state index in [0.717, 1.165) is 0 Å². The normalized spacial score (nSPS) is 35.6. The number of rotatable bonds is 1. The van der Waals surface area contributed by atoms with E-state index in [1.807, 2.05) is 6.92 Å². The molecular formula is C13H12O3. The molecule has 0 spiro atoms. The van der Waals surface area contributed by atoms with E-state index in [1.165, 1.54) is 0 Å². The molecule has 0 radical (unpaired) electrons. The summed E-state index contributed by atoms with van der Waals surface area (Å²) in [6.07, 6.45) is 0.544. The lowest BCUT2D eigenvalue weighted by Crippen LogP contribution is -2.42. The van der Waals surface area contributed by atoms with Gasteiger partial charge in [-0.1, -0.05) is 31.2 Å². The number of hydrogen-bond donors (Lipinski definition) is 0. The van der Waals surface area contributed by atoms with E-state index in [1.54, 1.807) is 31.2 Å². The second-order valence-electron chi connectivity index (χ2n) is 4.52. The summed E-state index contributed by atoms with van der Waals surface area (Å²) in [5.41, 5.74) is -0.813. The van der Waals surface area contributed by atoms with Gasteiger partial charge in [-0.25, -0.2) is 0 Å². The highest BCUT2D eigenvalue weighted by Crippen LogP contribution is 2.56. The molecule has 0 amide bonds. The minimum absolute atomic E-state index is 0.0484. The van der Waals surface area contributed by atoms with Crippen LogP contribution < -0.4 is 0 Å². The number of fused-ring (bicyclic) bond motifs is 2. The summed E-state index contributed by atoms with van der Waals surface area (Å²) < 4.78 is 5.51. The first kappa shape index (κ1) is 9.73. The second kappa shape index (κ2) is 2.61. The van der Waals surface area contributed by atoms with E-state index in [-0.39, 0.29) is 11.6 Å². The molecule has 1 aromatic carbocycles. The molecule has 16 heavy (non-hydrogen) atoms. The first-order valence-electron chi connectivity index (χ1n) is 5.45. The Labute approximate surface area is 93.4 Å². The predicted molar refractivity (Wildman–Crippen MR) is 57.6 cm³/mol. The predicted octanol–water partition coefficient (Wildman–Crippen LogP) is 2.00. The summed E-state index contributed by atoms with van der Waals surface area (Å²) in [4.78, 5) is 24.5. The third kappa shape index (κ3) is 0.802. The van der Waals surface area contributed by atoms with Crippen molar-refractivity contribution in [3.8, 4) is 0 Å². The molecule has 1 fully saturated rings. The van der Waals surface area contributed by atoms with Crippen LogP contribution in [0.25, 0.3) is 0 Å². The van der Waals surface area contributed by atoms with E-state index in [9.17, 15) is 9.59 Å². The molecule has 3 heteroatoms. The van der Waals surface area contributed by atoms with Crippen molar-refractivity contribution in [2.45, 2.75) is 31.5 Å². The Morgan fingerprint density at radius 2 is 1.69 bits per heavy atom. The van der Waals surface area contributed by atoms with Gasteiger partial charge in [0.2, 0.25) is 0 Å². The Kier molecular flexibility index (Phi) is 1.58. The van der Waals surface area contributed by atoms with Gasteiger partial charge in [0.15, 0.2) is 22.8 Å². The summed E-state index contributed by atoms with van der Waals surface area (Å²) in [6.45, 7) is 3.59. The van der Waals surface area contributed by atoms with Crippen LogP contribution in [-0.4, -0.2) is 22.8 Å². The molecule has 2 aliphatic rings. The van der Waals surface area contributed by atoms with Gasteiger partial charge in [-0.05, 0) is 13.3 Å². The zero-order valence-corrected chi connectivity index (χ0v) is 9.24. The standard InChI is InChI=1S/C13H12O3/c1-3-13-11(15)9-7-5-4-6-8(9)10(14)12(13,2)16-13/h4-7H,3H2,1-2H3. The maximum absolute atomic E-state index is 12.3. The van der Waals surface area contributed by atoms with Crippen LogP contribution in [-0.2, 0) is 4.74 Å². The Bertz CT molecular complexity index is 520. The Hall–Kier alpha value is -1.48. The largest absolute Gasteiger partial charge is 0.345 e. The fraction of sp³-hybridized carbons (Fsp3) is 0.385. The first-order chi connectivity index (χ1) is 7.57. The Balaban J connectivity index is 2.26.